The van der Waals surface area contributed by atoms with Gasteiger partial charge in [-0.05, 0) is 46.5 Å². The minimum Gasteiger partial charge on any atom is -0.496 e. The van der Waals surface area contributed by atoms with Crippen LogP contribution < -0.4 is 10.1 Å². The minimum atomic E-state index is 0.278. The number of ether oxygens (including phenoxy) is 1. The van der Waals surface area contributed by atoms with Crippen molar-refractivity contribution in [2.75, 3.05) is 7.11 Å². The molecule has 2 unspecified atom stereocenters. The first-order chi connectivity index (χ1) is 8.70. The SMILES string of the molecule is COc1ccc(CNC2CCCCC2Cl)cc1Br. The zero-order valence-electron chi connectivity index (χ0n) is 10.6. The van der Waals surface area contributed by atoms with Gasteiger partial charge in [0.2, 0.25) is 0 Å². The van der Waals surface area contributed by atoms with Gasteiger partial charge in [0.05, 0.1) is 11.6 Å². The Hall–Kier alpha value is -0.250. The van der Waals surface area contributed by atoms with Gasteiger partial charge in [-0.15, -0.1) is 11.6 Å². The van der Waals surface area contributed by atoms with Gasteiger partial charge >= 0.3 is 0 Å². The number of halogens is 2. The number of hydrogen-bond acceptors (Lipinski definition) is 2. The zero-order valence-corrected chi connectivity index (χ0v) is 12.9. The Balaban J connectivity index is 1.91. The molecule has 100 valence electrons. The van der Waals surface area contributed by atoms with Crippen LogP contribution in [0.3, 0.4) is 0 Å². The van der Waals surface area contributed by atoms with Crippen molar-refractivity contribution >= 4 is 27.5 Å². The van der Waals surface area contributed by atoms with Crippen LogP contribution in [0.5, 0.6) is 5.75 Å². The molecule has 1 aliphatic carbocycles. The molecule has 4 heteroatoms. The van der Waals surface area contributed by atoms with Gasteiger partial charge in [-0.1, -0.05) is 18.9 Å². The lowest BCUT2D eigenvalue weighted by atomic mass is 9.95. The Labute approximate surface area is 122 Å². The summed E-state index contributed by atoms with van der Waals surface area (Å²) in [5.74, 6) is 0.867. The van der Waals surface area contributed by atoms with Gasteiger partial charge < -0.3 is 10.1 Å². The van der Waals surface area contributed by atoms with E-state index in [1.165, 1.54) is 24.8 Å². The van der Waals surface area contributed by atoms with Crippen LogP contribution >= 0.6 is 27.5 Å². The second-order valence-corrected chi connectivity index (χ2v) is 6.17. The van der Waals surface area contributed by atoms with Gasteiger partial charge in [0, 0.05) is 18.0 Å². The van der Waals surface area contributed by atoms with Crippen LogP contribution in [0.2, 0.25) is 0 Å². The summed E-state index contributed by atoms with van der Waals surface area (Å²) in [5.41, 5.74) is 1.25. The predicted molar refractivity (Wildman–Crippen MR) is 79.4 cm³/mol. The van der Waals surface area contributed by atoms with E-state index >= 15 is 0 Å². The second-order valence-electron chi connectivity index (χ2n) is 4.76. The highest BCUT2D eigenvalue weighted by atomic mass is 79.9. The molecule has 1 aromatic rings. The highest BCUT2D eigenvalue weighted by Crippen LogP contribution is 2.26. The highest BCUT2D eigenvalue weighted by molar-refractivity contribution is 9.10. The summed E-state index contributed by atoms with van der Waals surface area (Å²) < 4.78 is 6.22. The van der Waals surface area contributed by atoms with E-state index in [0.29, 0.717) is 6.04 Å². The van der Waals surface area contributed by atoms with E-state index in [4.69, 9.17) is 16.3 Å². The van der Waals surface area contributed by atoms with Crippen molar-refractivity contribution < 1.29 is 4.74 Å². The number of hydrogen-bond donors (Lipinski definition) is 1. The average Bonchev–Trinajstić information content (AvgIpc) is 2.38. The summed E-state index contributed by atoms with van der Waals surface area (Å²) in [6.45, 7) is 0.858. The minimum absolute atomic E-state index is 0.278. The van der Waals surface area contributed by atoms with Gasteiger partial charge in [0.1, 0.15) is 5.75 Å². The highest BCUT2D eigenvalue weighted by Gasteiger charge is 2.22. The van der Waals surface area contributed by atoms with Crippen molar-refractivity contribution in [2.45, 2.75) is 43.6 Å². The molecule has 0 aromatic heterocycles. The summed E-state index contributed by atoms with van der Waals surface area (Å²) in [4.78, 5) is 0. The van der Waals surface area contributed by atoms with E-state index in [9.17, 15) is 0 Å². The third-order valence-corrected chi connectivity index (χ3v) is 4.61. The first kappa shape index (κ1) is 14.2. The standard InChI is InChI=1S/C14H19BrClNO/c1-18-14-7-6-10(8-11(14)15)9-17-13-5-3-2-4-12(13)16/h6-8,12-13,17H,2-5,9H2,1H3. The largest absolute Gasteiger partial charge is 0.496 e. The Kier molecular flexibility index (Phi) is 5.34. The molecule has 1 N–H and O–H groups in total. The number of alkyl halides is 1. The van der Waals surface area contributed by atoms with Crippen LogP contribution in [0.15, 0.2) is 22.7 Å². The molecule has 0 radical (unpaired) electrons. The fraction of sp³-hybridized carbons (Fsp3) is 0.571. The summed E-state index contributed by atoms with van der Waals surface area (Å²) in [7, 11) is 1.68. The van der Waals surface area contributed by atoms with Crippen molar-refractivity contribution in [3.63, 3.8) is 0 Å². The summed E-state index contributed by atoms with van der Waals surface area (Å²) in [5, 5.41) is 3.84. The van der Waals surface area contributed by atoms with Gasteiger partial charge in [0.15, 0.2) is 0 Å². The number of rotatable bonds is 4. The van der Waals surface area contributed by atoms with Crippen molar-refractivity contribution in [3.8, 4) is 5.75 Å². The molecule has 0 aliphatic heterocycles. The normalized spacial score (nSPS) is 23.9. The first-order valence-electron chi connectivity index (χ1n) is 6.40. The summed E-state index contributed by atoms with van der Waals surface area (Å²) in [6, 6.07) is 6.61. The molecule has 0 spiro atoms. The van der Waals surface area contributed by atoms with E-state index in [2.05, 4.69) is 33.4 Å². The van der Waals surface area contributed by atoms with Crippen LogP contribution in [-0.2, 0) is 6.54 Å². The van der Waals surface area contributed by atoms with Crippen LogP contribution in [-0.4, -0.2) is 18.5 Å². The molecule has 0 amide bonds. The monoisotopic (exact) mass is 331 g/mol. The maximum Gasteiger partial charge on any atom is 0.133 e. The lowest BCUT2D eigenvalue weighted by molar-refractivity contribution is 0.378. The van der Waals surface area contributed by atoms with Crippen molar-refractivity contribution in [1.82, 2.24) is 5.32 Å². The molecule has 0 saturated heterocycles. The van der Waals surface area contributed by atoms with Crippen molar-refractivity contribution in [2.24, 2.45) is 0 Å². The third-order valence-electron chi connectivity index (χ3n) is 3.47. The summed E-state index contributed by atoms with van der Waals surface area (Å²) in [6.07, 6.45) is 4.87. The third kappa shape index (κ3) is 3.62. The number of nitrogens with one attached hydrogen (secondary N) is 1. The van der Waals surface area contributed by atoms with Gasteiger partial charge in [0.25, 0.3) is 0 Å². The van der Waals surface area contributed by atoms with Crippen molar-refractivity contribution in [1.29, 1.82) is 0 Å². The Morgan fingerprint density at radius 3 is 2.83 bits per heavy atom. The molecule has 1 saturated carbocycles. The Bertz CT molecular complexity index is 399. The molecule has 2 rings (SSSR count). The van der Waals surface area contributed by atoms with Crippen LogP contribution in [0, 0.1) is 0 Å². The molecule has 0 heterocycles. The Morgan fingerprint density at radius 2 is 2.17 bits per heavy atom. The molecule has 1 aliphatic rings. The topological polar surface area (TPSA) is 21.3 Å². The molecule has 18 heavy (non-hydrogen) atoms. The van der Waals surface area contributed by atoms with E-state index < -0.39 is 0 Å². The van der Waals surface area contributed by atoms with Crippen LogP contribution in [0.25, 0.3) is 0 Å². The first-order valence-corrected chi connectivity index (χ1v) is 7.63. The van der Waals surface area contributed by atoms with Gasteiger partial charge in [-0.2, -0.15) is 0 Å². The molecule has 0 bridgehead atoms. The van der Waals surface area contributed by atoms with Crippen LogP contribution in [0.1, 0.15) is 31.2 Å². The molecule has 1 aromatic carbocycles. The predicted octanol–water partition coefficient (Wildman–Crippen LogP) is 4.10. The fourth-order valence-corrected chi connectivity index (χ4v) is 3.34. The maximum absolute atomic E-state index is 6.34. The molecule has 2 nitrogen and oxygen atoms in total. The Morgan fingerprint density at radius 1 is 1.39 bits per heavy atom. The van der Waals surface area contributed by atoms with E-state index in [1.807, 2.05) is 6.07 Å². The average molecular weight is 333 g/mol. The smallest absolute Gasteiger partial charge is 0.133 e. The van der Waals surface area contributed by atoms with Crippen LogP contribution in [0.4, 0.5) is 0 Å². The maximum atomic E-state index is 6.34. The molecule has 2 atom stereocenters. The van der Waals surface area contributed by atoms with Gasteiger partial charge in [-0.3, -0.25) is 0 Å². The lowest BCUT2D eigenvalue weighted by Gasteiger charge is -2.28. The second kappa shape index (κ2) is 6.78. The van der Waals surface area contributed by atoms with E-state index in [-0.39, 0.29) is 5.38 Å². The molecule has 1 fully saturated rings. The van der Waals surface area contributed by atoms with E-state index in [1.54, 1.807) is 7.11 Å². The van der Waals surface area contributed by atoms with Gasteiger partial charge in [-0.25, -0.2) is 0 Å². The number of benzene rings is 1. The molecular weight excluding hydrogens is 314 g/mol. The molecular formula is C14H19BrClNO. The quantitative estimate of drug-likeness (QED) is 0.838. The summed E-state index contributed by atoms with van der Waals surface area (Å²) >= 11 is 9.84. The fourth-order valence-electron chi connectivity index (χ4n) is 2.38. The lowest BCUT2D eigenvalue weighted by Crippen LogP contribution is -2.38. The zero-order chi connectivity index (χ0) is 13.0. The van der Waals surface area contributed by atoms with Crippen molar-refractivity contribution in [3.05, 3.63) is 28.2 Å². The number of methoxy groups -OCH3 is 1. The van der Waals surface area contributed by atoms with E-state index in [0.717, 1.165) is 23.2 Å².